The summed E-state index contributed by atoms with van der Waals surface area (Å²) < 4.78 is 5.50. The molecule has 1 saturated heterocycles. The molecule has 1 aliphatic heterocycles. The van der Waals surface area contributed by atoms with E-state index in [1.807, 2.05) is 5.01 Å². The van der Waals surface area contributed by atoms with Crippen LogP contribution < -0.4 is 10.1 Å². The summed E-state index contributed by atoms with van der Waals surface area (Å²) in [6.45, 7) is 5.27. The molecule has 2 rings (SSSR count). The maximum absolute atomic E-state index is 12.7. The van der Waals surface area contributed by atoms with Crippen molar-refractivity contribution in [1.29, 1.82) is 0 Å². The minimum Gasteiger partial charge on any atom is -0.408 e. The average molecular weight is 481 g/mol. The lowest BCUT2D eigenvalue weighted by Gasteiger charge is -2.34. The van der Waals surface area contributed by atoms with Crippen LogP contribution in [0.15, 0.2) is 36.9 Å². The summed E-state index contributed by atoms with van der Waals surface area (Å²) in [5, 5.41) is 5.54. The first-order valence-corrected chi connectivity index (χ1v) is 10.9. The largest absolute Gasteiger partial charge is 0.455 e. The number of carbonyl (C=O) groups excluding carboxylic acids is 1. The molecule has 1 amide bonds. The summed E-state index contributed by atoms with van der Waals surface area (Å²) >= 11 is 22.8. The van der Waals surface area contributed by atoms with Gasteiger partial charge in [-0.2, -0.15) is 5.01 Å². The molecule has 0 spiro atoms. The second-order valence-electron chi connectivity index (χ2n) is 6.37. The minimum atomic E-state index is -0.722. The lowest BCUT2D eigenvalue weighted by Crippen LogP contribution is -2.49. The molecule has 1 atom stereocenters. The summed E-state index contributed by atoms with van der Waals surface area (Å²) in [4.78, 5) is 18.0. The fraction of sp³-hybridized carbons (Fsp3) is 0.474. The van der Waals surface area contributed by atoms with Crippen molar-refractivity contribution >= 4 is 63.8 Å². The lowest BCUT2D eigenvalue weighted by molar-refractivity contribution is -0.247. The van der Waals surface area contributed by atoms with Gasteiger partial charge in [0.15, 0.2) is 0 Å². The Bertz CT molecular complexity index is 702. The van der Waals surface area contributed by atoms with Crippen molar-refractivity contribution in [3.8, 4) is 5.75 Å². The van der Waals surface area contributed by atoms with Gasteiger partial charge in [0.25, 0.3) is 0 Å². The molecule has 0 radical (unpaired) electrons. The van der Waals surface area contributed by atoms with Gasteiger partial charge in [-0.25, -0.2) is 9.63 Å². The Morgan fingerprint density at radius 2 is 2.03 bits per heavy atom. The van der Waals surface area contributed by atoms with Gasteiger partial charge in [0, 0.05) is 31.3 Å². The number of hydrogen-bond donors (Lipinski definition) is 1. The SMILES string of the molecule is C=CCON(C(=O)Oc1cccc(NC(=S)CC(Cl)C(Cl)Cl)c1)N1CCCCC1. The highest BCUT2D eigenvalue weighted by Gasteiger charge is 2.26. The first-order chi connectivity index (χ1) is 13.9. The van der Waals surface area contributed by atoms with E-state index in [4.69, 9.17) is 56.6 Å². The molecule has 1 aliphatic rings. The Balaban J connectivity index is 2.00. The number of thiocarbonyl (C=S) groups is 1. The monoisotopic (exact) mass is 479 g/mol. The van der Waals surface area contributed by atoms with E-state index < -0.39 is 16.3 Å². The summed E-state index contributed by atoms with van der Waals surface area (Å²) in [6.07, 6.45) is 4.38. The number of alkyl halides is 3. The molecule has 0 bridgehead atoms. The normalized spacial score (nSPS) is 15.6. The fourth-order valence-electron chi connectivity index (χ4n) is 2.69. The molecule has 0 saturated carbocycles. The van der Waals surface area contributed by atoms with Crippen molar-refractivity contribution in [1.82, 2.24) is 10.2 Å². The molecule has 160 valence electrons. The third-order valence-electron chi connectivity index (χ3n) is 4.04. The first-order valence-electron chi connectivity index (χ1n) is 9.23. The van der Waals surface area contributed by atoms with Gasteiger partial charge in [0.2, 0.25) is 0 Å². The second-order valence-corrected chi connectivity index (χ2v) is 8.59. The van der Waals surface area contributed by atoms with Crippen LogP contribution in [0.2, 0.25) is 0 Å². The predicted molar refractivity (Wildman–Crippen MR) is 122 cm³/mol. The smallest absolute Gasteiger partial charge is 0.408 e. The number of anilines is 1. The van der Waals surface area contributed by atoms with Crippen LogP contribution in [-0.4, -0.2) is 51.2 Å². The summed E-state index contributed by atoms with van der Waals surface area (Å²) in [5.41, 5.74) is 0.654. The zero-order valence-electron chi connectivity index (χ0n) is 15.9. The average Bonchev–Trinajstić information content (AvgIpc) is 2.69. The molecule has 0 aliphatic carbocycles. The van der Waals surface area contributed by atoms with Gasteiger partial charge in [0.05, 0.1) is 17.0 Å². The number of benzene rings is 1. The number of amides is 1. The van der Waals surface area contributed by atoms with Gasteiger partial charge in [0.1, 0.15) is 10.6 Å². The summed E-state index contributed by atoms with van der Waals surface area (Å²) in [7, 11) is 0. The van der Waals surface area contributed by atoms with Gasteiger partial charge >= 0.3 is 6.09 Å². The third kappa shape index (κ3) is 8.28. The Labute approximate surface area is 191 Å². The lowest BCUT2D eigenvalue weighted by atomic mass is 10.2. The van der Waals surface area contributed by atoms with Crippen molar-refractivity contribution in [3.63, 3.8) is 0 Å². The van der Waals surface area contributed by atoms with Crippen LogP contribution in [0, 0.1) is 0 Å². The quantitative estimate of drug-likeness (QED) is 0.216. The van der Waals surface area contributed by atoms with Crippen molar-refractivity contribution in [2.45, 2.75) is 35.9 Å². The standard InChI is InChI=1S/C19H24Cl3N3O3S/c1-2-11-27-25(24-9-4-3-5-10-24)19(26)28-15-8-6-7-14(12-15)23-17(29)13-16(20)18(21)22/h2,6-8,12,16,18H,1,3-5,9-11,13H2,(H,23,29). The zero-order valence-corrected chi connectivity index (χ0v) is 18.9. The maximum atomic E-state index is 12.7. The van der Waals surface area contributed by atoms with Crippen LogP contribution >= 0.6 is 47.0 Å². The van der Waals surface area contributed by atoms with E-state index in [0.29, 0.717) is 22.8 Å². The molecule has 1 heterocycles. The first kappa shape index (κ1) is 24.2. The number of hydrogen-bond acceptors (Lipinski definition) is 5. The minimum absolute atomic E-state index is 0.198. The number of hydrazine groups is 1. The number of ether oxygens (including phenoxy) is 1. The number of nitrogens with zero attached hydrogens (tertiary/aromatic N) is 2. The fourth-order valence-corrected chi connectivity index (χ4v) is 3.41. The van der Waals surface area contributed by atoms with Crippen LogP contribution in [0.4, 0.5) is 10.5 Å². The van der Waals surface area contributed by atoms with Gasteiger partial charge in [-0.15, -0.1) is 46.6 Å². The Kier molecular flexibility index (Phi) is 10.5. The van der Waals surface area contributed by atoms with Gasteiger partial charge in [-0.1, -0.05) is 30.8 Å². The van der Waals surface area contributed by atoms with E-state index in [1.54, 1.807) is 30.3 Å². The third-order valence-corrected chi connectivity index (χ3v) is 5.58. The highest BCUT2D eigenvalue weighted by Crippen LogP contribution is 2.22. The van der Waals surface area contributed by atoms with E-state index >= 15 is 0 Å². The van der Waals surface area contributed by atoms with Gasteiger partial charge in [-0.05, 0) is 25.0 Å². The molecule has 1 aromatic carbocycles. The number of carbonyl (C=O) groups is 1. The van der Waals surface area contributed by atoms with Crippen LogP contribution in [0.3, 0.4) is 0 Å². The molecule has 1 aromatic rings. The highest BCUT2D eigenvalue weighted by atomic mass is 35.5. The van der Waals surface area contributed by atoms with Crippen molar-refractivity contribution < 1.29 is 14.4 Å². The summed E-state index contributed by atoms with van der Waals surface area (Å²) in [6, 6.07) is 6.87. The van der Waals surface area contributed by atoms with Crippen molar-refractivity contribution in [2.24, 2.45) is 0 Å². The molecule has 1 fully saturated rings. The molecule has 29 heavy (non-hydrogen) atoms. The van der Waals surface area contributed by atoms with E-state index in [-0.39, 0.29) is 6.61 Å². The maximum Gasteiger partial charge on any atom is 0.455 e. The topological polar surface area (TPSA) is 54.0 Å². The molecule has 1 N–H and O–H groups in total. The van der Waals surface area contributed by atoms with Crippen LogP contribution in [0.1, 0.15) is 25.7 Å². The van der Waals surface area contributed by atoms with Crippen molar-refractivity contribution in [3.05, 3.63) is 36.9 Å². The van der Waals surface area contributed by atoms with Crippen LogP contribution in [0.5, 0.6) is 5.75 Å². The van der Waals surface area contributed by atoms with Crippen LogP contribution in [0.25, 0.3) is 0 Å². The number of rotatable bonds is 9. The summed E-state index contributed by atoms with van der Waals surface area (Å²) in [5.74, 6) is 0.349. The van der Waals surface area contributed by atoms with Gasteiger partial charge in [-0.3, -0.25) is 0 Å². The van der Waals surface area contributed by atoms with E-state index in [1.165, 1.54) is 5.17 Å². The van der Waals surface area contributed by atoms with E-state index in [9.17, 15) is 4.79 Å². The van der Waals surface area contributed by atoms with Crippen LogP contribution in [-0.2, 0) is 4.84 Å². The number of piperidine rings is 1. The molecule has 10 heteroatoms. The number of hydroxylamine groups is 1. The Morgan fingerprint density at radius 1 is 1.31 bits per heavy atom. The van der Waals surface area contributed by atoms with E-state index in [0.717, 1.165) is 32.4 Å². The molecular weight excluding hydrogens is 457 g/mol. The zero-order chi connectivity index (χ0) is 21.2. The van der Waals surface area contributed by atoms with E-state index in [2.05, 4.69) is 11.9 Å². The van der Waals surface area contributed by atoms with Gasteiger partial charge < -0.3 is 10.1 Å². The number of nitrogens with one attached hydrogen (secondary N) is 1. The molecule has 1 unspecified atom stereocenters. The highest BCUT2D eigenvalue weighted by molar-refractivity contribution is 7.80. The second kappa shape index (κ2) is 12.6. The van der Waals surface area contributed by atoms with Crippen molar-refractivity contribution in [2.75, 3.05) is 25.0 Å². The molecular formula is C19H24Cl3N3O3S. The molecule has 0 aromatic heterocycles. The molecule has 6 nitrogen and oxygen atoms in total. The Hall–Kier alpha value is -1.09. The Morgan fingerprint density at radius 3 is 2.69 bits per heavy atom. The predicted octanol–water partition coefficient (Wildman–Crippen LogP) is 5.55. The number of halogens is 3.